The summed E-state index contributed by atoms with van der Waals surface area (Å²) in [7, 11) is -3.66. The lowest BCUT2D eigenvalue weighted by atomic mass is 10.5. The third-order valence-electron chi connectivity index (χ3n) is 2.08. The van der Waals surface area contributed by atoms with Gasteiger partial charge in [-0.1, -0.05) is 30.5 Å². The number of rotatable bonds is 5. The van der Waals surface area contributed by atoms with Crippen LogP contribution in [0.5, 0.6) is 0 Å². The van der Waals surface area contributed by atoms with E-state index in [9.17, 15) is 8.42 Å². The van der Waals surface area contributed by atoms with Gasteiger partial charge in [0.25, 0.3) is 10.0 Å². The number of aromatic nitrogens is 2. The molecule has 0 saturated heterocycles. The van der Waals surface area contributed by atoms with E-state index in [1.165, 1.54) is 17.4 Å². The maximum atomic E-state index is 12.1. The van der Waals surface area contributed by atoms with Crippen LogP contribution in [0.4, 0.5) is 5.13 Å². The Morgan fingerprint density at radius 3 is 2.68 bits per heavy atom. The standard InChI is InChI=1S/C9H10N4O2S4/c1-2-6-11-12-9(18-6)13-19(14,15)7-4-3-5(17-7)8(10)16/h3-4H,2H2,1H3,(H2,10,16)(H,12,13). The zero-order chi connectivity index (χ0) is 14.0. The third kappa shape index (κ3) is 3.26. The summed E-state index contributed by atoms with van der Waals surface area (Å²) < 4.78 is 26.7. The molecule has 0 saturated carbocycles. The number of thiocarbonyl (C=S) groups is 1. The molecule has 0 spiro atoms. The molecule has 3 N–H and O–H groups in total. The van der Waals surface area contributed by atoms with Crippen molar-refractivity contribution in [1.29, 1.82) is 0 Å². The van der Waals surface area contributed by atoms with Gasteiger partial charge in [-0.05, 0) is 18.6 Å². The largest absolute Gasteiger partial charge is 0.389 e. The number of nitrogens with zero attached hydrogens (tertiary/aromatic N) is 2. The minimum Gasteiger partial charge on any atom is -0.389 e. The average molecular weight is 334 g/mol. The maximum Gasteiger partial charge on any atom is 0.273 e. The van der Waals surface area contributed by atoms with Crippen molar-refractivity contribution in [2.75, 3.05) is 4.72 Å². The average Bonchev–Trinajstić information content (AvgIpc) is 2.95. The van der Waals surface area contributed by atoms with Gasteiger partial charge in [0.1, 0.15) is 14.2 Å². The predicted octanol–water partition coefficient (Wildman–Crippen LogP) is 1.60. The Kier molecular flexibility index (Phi) is 4.13. The van der Waals surface area contributed by atoms with E-state index in [1.807, 2.05) is 6.92 Å². The summed E-state index contributed by atoms with van der Waals surface area (Å²) in [6.45, 7) is 1.92. The molecule has 0 bridgehead atoms. The van der Waals surface area contributed by atoms with Gasteiger partial charge in [0.05, 0.1) is 4.88 Å². The molecule has 0 aliphatic carbocycles. The van der Waals surface area contributed by atoms with E-state index in [2.05, 4.69) is 14.9 Å². The highest BCUT2D eigenvalue weighted by Gasteiger charge is 2.19. The van der Waals surface area contributed by atoms with Crippen LogP contribution < -0.4 is 10.5 Å². The summed E-state index contributed by atoms with van der Waals surface area (Å²) in [4.78, 5) is 0.734. The Morgan fingerprint density at radius 2 is 2.16 bits per heavy atom. The molecule has 0 aliphatic heterocycles. The number of thiophene rings is 1. The van der Waals surface area contributed by atoms with Crippen LogP contribution in [0.15, 0.2) is 16.3 Å². The lowest BCUT2D eigenvalue weighted by molar-refractivity contribution is 0.603. The molecule has 0 radical (unpaired) electrons. The summed E-state index contributed by atoms with van der Waals surface area (Å²) in [5.41, 5.74) is 5.45. The van der Waals surface area contributed by atoms with Gasteiger partial charge < -0.3 is 5.73 Å². The van der Waals surface area contributed by atoms with E-state index in [1.54, 1.807) is 6.07 Å². The topological polar surface area (TPSA) is 98.0 Å². The van der Waals surface area contributed by atoms with Crippen molar-refractivity contribution in [2.24, 2.45) is 5.73 Å². The van der Waals surface area contributed by atoms with Crippen molar-refractivity contribution in [3.63, 3.8) is 0 Å². The fourth-order valence-electron chi connectivity index (χ4n) is 1.20. The lowest BCUT2D eigenvalue weighted by Gasteiger charge is -2.00. The third-order valence-corrected chi connectivity index (χ3v) is 6.49. The monoisotopic (exact) mass is 334 g/mol. The Morgan fingerprint density at radius 1 is 1.42 bits per heavy atom. The quantitative estimate of drug-likeness (QED) is 0.806. The lowest BCUT2D eigenvalue weighted by Crippen LogP contribution is -2.11. The number of anilines is 1. The van der Waals surface area contributed by atoms with Crippen molar-refractivity contribution in [1.82, 2.24) is 10.2 Å². The highest BCUT2D eigenvalue weighted by molar-refractivity contribution is 7.95. The molecule has 19 heavy (non-hydrogen) atoms. The maximum absolute atomic E-state index is 12.1. The molecule has 0 aliphatic rings. The Hall–Kier alpha value is -1.10. The molecule has 2 heterocycles. The normalized spacial score (nSPS) is 11.4. The molecule has 6 nitrogen and oxygen atoms in total. The molecule has 0 amide bonds. The Labute approximate surface area is 123 Å². The molecule has 0 aromatic carbocycles. The molecular formula is C9H10N4O2S4. The number of aryl methyl sites for hydroxylation is 1. The van der Waals surface area contributed by atoms with Crippen molar-refractivity contribution in [3.8, 4) is 0 Å². The van der Waals surface area contributed by atoms with Gasteiger partial charge in [-0.15, -0.1) is 21.5 Å². The second-order valence-electron chi connectivity index (χ2n) is 3.44. The van der Waals surface area contributed by atoms with E-state index in [0.29, 0.717) is 11.3 Å². The fraction of sp³-hybridized carbons (Fsp3) is 0.222. The van der Waals surface area contributed by atoms with Crippen LogP contribution in [0.25, 0.3) is 0 Å². The van der Waals surface area contributed by atoms with Crippen LogP contribution in [-0.4, -0.2) is 23.6 Å². The molecule has 102 valence electrons. The zero-order valence-electron chi connectivity index (χ0n) is 9.78. The van der Waals surface area contributed by atoms with Crippen molar-refractivity contribution < 1.29 is 8.42 Å². The fourth-order valence-corrected chi connectivity index (χ4v) is 4.46. The van der Waals surface area contributed by atoms with Gasteiger partial charge in [0, 0.05) is 0 Å². The molecule has 0 atom stereocenters. The number of sulfonamides is 1. The van der Waals surface area contributed by atoms with Crippen LogP contribution in [-0.2, 0) is 16.4 Å². The minimum atomic E-state index is -3.66. The summed E-state index contributed by atoms with van der Waals surface area (Å²) in [6.07, 6.45) is 0.712. The van der Waals surface area contributed by atoms with E-state index < -0.39 is 10.0 Å². The molecule has 2 aromatic rings. The first kappa shape index (κ1) is 14.3. The van der Waals surface area contributed by atoms with E-state index >= 15 is 0 Å². The van der Waals surface area contributed by atoms with Crippen LogP contribution in [0.3, 0.4) is 0 Å². The van der Waals surface area contributed by atoms with Gasteiger partial charge in [-0.25, -0.2) is 8.42 Å². The van der Waals surface area contributed by atoms with Gasteiger partial charge in [-0.2, -0.15) is 0 Å². The van der Waals surface area contributed by atoms with Crippen LogP contribution in [0, 0.1) is 0 Å². The van der Waals surface area contributed by atoms with Gasteiger partial charge in [-0.3, -0.25) is 4.72 Å². The predicted molar refractivity (Wildman–Crippen MR) is 80.3 cm³/mol. The minimum absolute atomic E-state index is 0.142. The summed E-state index contributed by atoms with van der Waals surface area (Å²) >= 11 is 7.03. The first-order valence-electron chi connectivity index (χ1n) is 5.17. The van der Waals surface area contributed by atoms with Crippen molar-refractivity contribution in [2.45, 2.75) is 17.6 Å². The van der Waals surface area contributed by atoms with Crippen LogP contribution in [0.1, 0.15) is 16.8 Å². The summed E-state index contributed by atoms with van der Waals surface area (Å²) in [5.74, 6) is 0. The summed E-state index contributed by atoms with van der Waals surface area (Å²) in [6, 6.07) is 3.04. The second kappa shape index (κ2) is 5.49. The smallest absolute Gasteiger partial charge is 0.273 e. The van der Waals surface area contributed by atoms with Gasteiger partial charge >= 0.3 is 0 Å². The van der Waals surface area contributed by atoms with Crippen molar-refractivity contribution in [3.05, 3.63) is 22.0 Å². The number of hydrogen-bond donors (Lipinski definition) is 2. The first-order valence-corrected chi connectivity index (χ1v) is 8.69. The Balaban J connectivity index is 2.24. The van der Waals surface area contributed by atoms with Gasteiger partial charge in [0.15, 0.2) is 0 Å². The second-order valence-corrected chi connectivity index (χ2v) is 7.94. The number of nitrogens with two attached hydrogens (primary N) is 1. The number of nitrogens with one attached hydrogen (secondary N) is 1. The highest BCUT2D eigenvalue weighted by Crippen LogP contribution is 2.25. The van der Waals surface area contributed by atoms with E-state index in [4.69, 9.17) is 18.0 Å². The van der Waals surface area contributed by atoms with Crippen LogP contribution in [0.2, 0.25) is 0 Å². The molecule has 0 fully saturated rings. The first-order chi connectivity index (χ1) is 8.92. The molecule has 10 heteroatoms. The zero-order valence-corrected chi connectivity index (χ0v) is 13.0. The molecule has 2 rings (SSSR count). The Bertz CT molecular complexity index is 703. The molecule has 0 unspecified atom stereocenters. The number of hydrogen-bond acceptors (Lipinski definition) is 7. The van der Waals surface area contributed by atoms with Crippen molar-refractivity contribution >= 4 is 55.0 Å². The van der Waals surface area contributed by atoms with Crippen LogP contribution >= 0.6 is 34.9 Å². The van der Waals surface area contributed by atoms with Gasteiger partial charge in [0.2, 0.25) is 5.13 Å². The highest BCUT2D eigenvalue weighted by atomic mass is 32.2. The molecular weight excluding hydrogens is 324 g/mol. The SMILES string of the molecule is CCc1nnc(NS(=O)(=O)c2ccc(C(N)=S)s2)s1. The van der Waals surface area contributed by atoms with E-state index in [0.717, 1.165) is 16.3 Å². The van der Waals surface area contributed by atoms with E-state index in [-0.39, 0.29) is 14.3 Å². The molecule has 2 aromatic heterocycles. The summed E-state index contributed by atoms with van der Waals surface area (Å²) in [5, 5.41) is 8.65.